The molecule has 3 rings (SSSR count). The molecule has 4 atom stereocenters. The van der Waals surface area contributed by atoms with E-state index in [-0.39, 0.29) is 28.9 Å². The Morgan fingerprint density at radius 3 is 2.33 bits per heavy atom. The van der Waals surface area contributed by atoms with E-state index in [0.717, 1.165) is 6.42 Å². The Kier molecular flexibility index (Phi) is 5.36. The molecule has 0 aromatic rings. The van der Waals surface area contributed by atoms with Crippen LogP contribution in [0.25, 0.3) is 0 Å². The van der Waals surface area contributed by atoms with Gasteiger partial charge in [0.1, 0.15) is 6.10 Å². The van der Waals surface area contributed by atoms with E-state index < -0.39 is 16.4 Å². The second kappa shape index (κ2) is 6.97. The molecule has 30 heavy (non-hydrogen) atoms. The third kappa shape index (κ3) is 3.00. The van der Waals surface area contributed by atoms with Crippen molar-refractivity contribution in [2.45, 2.75) is 99.7 Å². The van der Waals surface area contributed by atoms with Gasteiger partial charge in [-0.1, -0.05) is 72.3 Å². The summed E-state index contributed by atoms with van der Waals surface area (Å²) in [5.41, 5.74) is -1.10. The standard InChI is InChI=1S/C26H40O4/c1-10-19(22(3,4)14-13-18-12-11-17(2)23(18,5)6)29-21(28)26-16-15-25(9,20(27)30-26)24(26,7)8/h11,13-14,18-19H,10,12,15-16H2,1-9H3/b14-13+/t18-,19+,25-,26+/m0/s1. The average molecular weight is 417 g/mol. The quantitative estimate of drug-likeness (QED) is 0.393. The van der Waals surface area contributed by atoms with Crippen LogP contribution in [0, 0.1) is 27.6 Å². The van der Waals surface area contributed by atoms with E-state index >= 15 is 0 Å². The molecular formula is C26H40O4. The summed E-state index contributed by atoms with van der Waals surface area (Å²) < 4.78 is 11.8. The smallest absolute Gasteiger partial charge is 0.351 e. The molecule has 0 spiro atoms. The predicted molar refractivity (Wildman–Crippen MR) is 119 cm³/mol. The Balaban J connectivity index is 1.77. The normalized spacial score (nSPS) is 35.4. The molecule has 1 saturated carbocycles. The molecule has 4 nitrogen and oxygen atoms in total. The SMILES string of the molecule is CC[C@@H](OC(=O)[C@@]12CC[C@@](C)(C(=O)O1)C2(C)C)C(C)(C)/C=C/[C@@H]1CC=C(C)C1(C)C. The summed E-state index contributed by atoms with van der Waals surface area (Å²) in [6, 6.07) is 0. The summed E-state index contributed by atoms with van der Waals surface area (Å²) in [6.07, 6.45) is 9.52. The Morgan fingerprint density at radius 1 is 1.27 bits per heavy atom. The van der Waals surface area contributed by atoms with Crippen LogP contribution in [0.15, 0.2) is 23.8 Å². The van der Waals surface area contributed by atoms with Gasteiger partial charge in [0.05, 0.1) is 5.41 Å². The molecule has 2 aliphatic carbocycles. The van der Waals surface area contributed by atoms with Gasteiger partial charge >= 0.3 is 11.9 Å². The van der Waals surface area contributed by atoms with Crippen LogP contribution in [0.1, 0.15) is 88.0 Å². The van der Waals surface area contributed by atoms with E-state index in [9.17, 15) is 9.59 Å². The van der Waals surface area contributed by atoms with Crippen LogP contribution >= 0.6 is 0 Å². The van der Waals surface area contributed by atoms with Gasteiger partial charge in [-0.3, -0.25) is 4.79 Å². The van der Waals surface area contributed by atoms with Gasteiger partial charge in [-0.05, 0) is 50.9 Å². The van der Waals surface area contributed by atoms with Gasteiger partial charge in [-0.2, -0.15) is 0 Å². The molecule has 2 fully saturated rings. The summed E-state index contributed by atoms with van der Waals surface area (Å²) in [4.78, 5) is 25.9. The number of hydrogen-bond donors (Lipinski definition) is 0. The minimum absolute atomic E-state index is 0.153. The number of rotatable bonds is 6. The number of esters is 2. The lowest BCUT2D eigenvalue weighted by molar-refractivity contribution is -0.190. The summed E-state index contributed by atoms with van der Waals surface area (Å²) >= 11 is 0. The first-order chi connectivity index (χ1) is 13.7. The molecule has 0 radical (unpaired) electrons. The van der Waals surface area contributed by atoms with Crippen molar-refractivity contribution in [1.82, 2.24) is 0 Å². The molecule has 168 valence electrons. The lowest BCUT2D eigenvalue weighted by atomic mass is 9.66. The third-order valence-corrected chi connectivity index (χ3v) is 9.24. The number of fused-ring (bicyclic) bond motifs is 2. The average Bonchev–Trinajstić information content (AvgIpc) is 3.09. The van der Waals surface area contributed by atoms with Crippen molar-refractivity contribution in [3.63, 3.8) is 0 Å². The summed E-state index contributed by atoms with van der Waals surface area (Å²) in [6.45, 7) is 18.9. The first-order valence-electron chi connectivity index (χ1n) is 11.5. The second-order valence-electron chi connectivity index (χ2n) is 11.6. The van der Waals surface area contributed by atoms with Crippen LogP contribution in [-0.4, -0.2) is 23.6 Å². The van der Waals surface area contributed by atoms with Crippen LogP contribution in [0.2, 0.25) is 0 Å². The van der Waals surface area contributed by atoms with Gasteiger partial charge in [0, 0.05) is 10.8 Å². The predicted octanol–water partition coefficient (Wildman–Crippen LogP) is 6.00. The van der Waals surface area contributed by atoms with Crippen LogP contribution < -0.4 is 0 Å². The molecule has 2 bridgehead atoms. The zero-order valence-electron chi connectivity index (χ0n) is 20.3. The van der Waals surface area contributed by atoms with Crippen molar-refractivity contribution in [2.75, 3.05) is 0 Å². The molecule has 4 heteroatoms. The van der Waals surface area contributed by atoms with E-state index in [4.69, 9.17) is 9.47 Å². The number of carbonyl (C=O) groups is 2. The Morgan fingerprint density at radius 2 is 1.90 bits per heavy atom. The van der Waals surface area contributed by atoms with Crippen LogP contribution in [0.3, 0.4) is 0 Å². The zero-order valence-corrected chi connectivity index (χ0v) is 20.3. The van der Waals surface area contributed by atoms with E-state index in [1.807, 2.05) is 27.7 Å². The molecule has 0 aromatic carbocycles. The van der Waals surface area contributed by atoms with Crippen molar-refractivity contribution in [3.8, 4) is 0 Å². The van der Waals surface area contributed by atoms with Crippen LogP contribution in [0.5, 0.6) is 0 Å². The Bertz CT molecular complexity index is 800. The number of ether oxygens (including phenoxy) is 2. The Hall–Kier alpha value is -1.58. The number of allylic oxidation sites excluding steroid dienone is 3. The first kappa shape index (κ1) is 23.1. The van der Waals surface area contributed by atoms with Crippen molar-refractivity contribution >= 4 is 11.9 Å². The molecule has 1 heterocycles. The first-order valence-corrected chi connectivity index (χ1v) is 11.5. The highest BCUT2D eigenvalue weighted by molar-refractivity contribution is 5.93. The fraction of sp³-hybridized carbons (Fsp3) is 0.769. The monoisotopic (exact) mass is 416 g/mol. The van der Waals surface area contributed by atoms with E-state index in [1.165, 1.54) is 5.57 Å². The maximum Gasteiger partial charge on any atom is 0.351 e. The van der Waals surface area contributed by atoms with Gasteiger partial charge in [0.25, 0.3) is 0 Å². The summed E-state index contributed by atoms with van der Waals surface area (Å²) in [5, 5.41) is 0. The highest BCUT2D eigenvalue weighted by Gasteiger charge is 2.76. The molecule has 1 aliphatic heterocycles. The molecule has 0 N–H and O–H groups in total. The van der Waals surface area contributed by atoms with Crippen LogP contribution in [-0.2, 0) is 19.1 Å². The fourth-order valence-electron chi connectivity index (χ4n) is 5.63. The highest BCUT2D eigenvalue weighted by atomic mass is 16.6. The third-order valence-electron chi connectivity index (χ3n) is 9.24. The molecule has 0 amide bonds. The molecular weight excluding hydrogens is 376 g/mol. The lowest BCUT2D eigenvalue weighted by Crippen LogP contribution is -2.51. The second-order valence-corrected chi connectivity index (χ2v) is 11.6. The summed E-state index contributed by atoms with van der Waals surface area (Å²) in [7, 11) is 0. The van der Waals surface area contributed by atoms with Crippen molar-refractivity contribution in [2.24, 2.45) is 27.6 Å². The molecule has 0 unspecified atom stereocenters. The minimum Gasteiger partial charge on any atom is -0.459 e. The van der Waals surface area contributed by atoms with Crippen molar-refractivity contribution in [1.29, 1.82) is 0 Å². The number of carbonyl (C=O) groups excluding carboxylic acids is 2. The van der Waals surface area contributed by atoms with E-state index in [0.29, 0.717) is 25.2 Å². The number of hydrogen-bond acceptors (Lipinski definition) is 4. The van der Waals surface area contributed by atoms with Crippen molar-refractivity contribution < 1.29 is 19.1 Å². The van der Waals surface area contributed by atoms with Gasteiger partial charge in [0.15, 0.2) is 0 Å². The molecule has 0 aromatic heterocycles. The lowest BCUT2D eigenvalue weighted by Gasteiger charge is -2.38. The maximum absolute atomic E-state index is 13.4. The van der Waals surface area contributed by atoms with Gasteiger partial charge in [-0.25, -0.2) is 4.79 Å². The summed E-state index contributed by atoms with van der Waals surface area (Å²) in [5.74, 6) is -0.197. The van der Waals surface area contributed by atoms with Gasteiger partial charge in [-0.15, -0.1) is 0 Å². The molecule has 1 saturated heterocycles. The van der Waals surface area contributed by atoms with Crippen LogP contribution in [0.4, 0.5) is 0 Å². The van der Waals surface area contributed by atoms with Crippen molar-refractivity contribution in [3.05, 3.63) is 23.8 Å². The largest absolute Gasteiger partial charge is 0.459 e. The highest BCUT2D eigenvalue weighted by Crippen LogP contribution is 2.66. The topological polar surface area (TPSA) is 52.6 Å². The van der Waals surface area contributed by atoms with Gasteiger partial charge in [0.2, 0.25) is 5.60 Å². The fourth-order valence-corrected chi connectivity index (χ4v) is 5.63. The van der Waals surface area contributed by atoms with Gasteiger partial charge < -0.3 is 9.47 Å². The zero-order chi connectivity index (χ0) is 22.8. The Labute approximate surface area is 182 Å². The molecule has 3 aliphatic rings. The minimum atomic E-state index is -1.17. The van der Waals surface area contributed by atoms with E-state index in [1.54, 1.807) is 0 Å². The maximum atomic E-state index is 13.4. The van der Waals surface area contributed by atoms with E-state index in [2.05, 4.69) is 52.8 Å².